The lowest BCUT2D eigenvalue weighted by Gasteiger charge is -1.93. The van der Waals surface area contributed by atoms with Crippen molar-refractivity contribution in [3.63, 3.8) is 0 Å². The van der Waals surface area contributed by atoms with Gasteiger partial charge in [0.15, 0.2) is 17.7 Å². The smallest absolute Gasteiger partial charge is 0.186 e. The topological polar surface area (TPSA) is 43.1 Å². The summed E-state index contributed by atoms with van der Waals surface area (Å²) in [6.45, 7) is 0. The lowest BCUT2D eigenvalue weighted by molar-refractivity contribution is 0.111. The SMILES string of the molecule is O=Cc1noc(-c2ccccc2)c1Cl. The van der Waals surface area contributed by atoms with Gasteiger partial charge in [0.2, 0.25) is 0 Å². The van der Waals surface area contributed by atoms with E-state index in [0.29, 0.717) is 12.0 Å². The number of aldehydes is 1. The van der Waals surface area contributed by atoms with Crippen LogP contribution in [0.15, 0.2) is 34.9 Å². The number of nitrogens with zero attached hydrogens (tertiary/aromatic N) is 1. The Morgan fingerprint density at radius 3 is 2.57 bits per heavy atom. The minimum atomic E-state index is 0.130. The van der Waals surface area contributed by atoms with Crippen LogP contribution in [-0.2, 0) is 0 Å². The van der Waals surface area contributed by atoms with E-state index in [1.807, 2.05) is 30.3 Å². The van der Waals surface area contributed by atoms with Gasteiger partial charge >= 0.3 is 0 Å². The molecule has 0 aliphatic carbocycles. The molecule has 1 aromatic heterocycles. The van der Waals surface area contributed by atoms with E-state index in [2.05, 4.69) is 5.16 Å². The summed E-state index contributed by atoms with van der Waals surface area (Å²) in [5, 5.41) is 3.79. The van der Waals surface area contributed by atoms with Gasteiger partial charge in [-0.15, -0.1) is 0 Å². The van der Waals surface area contributed by atoms with Crippen LogP contribution in [-0.4, -0.2) is 11.4 Å². The quantitative estimate of drug-likeness (QED) is 0.712. The molecule has 0 aliphatic rings. The van der Waals surface area contributed by atoms with Crippen LogP contribution in [0.5, 0.6) is 0 Å². The van der Waals surface area contributed by atoms with Crippen molar-refractivity contribution >= 4 is 17.9 Å². The Balaban J connectivity index is 2.53. The number of rotatable bonds is 2. The molecule has 0 fully saturated rings. The molecule has 0 bridgehead atoms. The minimum absolute atomic E-state index is 0.130. The van der Waals surface area contributed by atoms with Gasteiger partial charge in [0.25, 0.3) is 0 Å². The van der Waals surface area contributed by atoms with E-state index in [-0.39, 0.29) is 10.7 Å². The molecule has 4 heteroatoms. The summed E-state index contributed by atoms with van der Waals surface area (Å²) in [7, 11) is 0. The molecular weight excluding hydrogens is 202 g/mol. The van der Waals surface area contributed by atoms with Gasteiger partial charge in [-0.05, 0) is 0 Å². The van der Waals surface area contributed by atoms with E-state index < -0.39 is 0 Å². The van der Waals surface area contributed by atoms with Crippen LogP contribution >= 0.6 is 11.6 Å². The van der Waals surface area contributed by atoms with E-state index >= 15 is 0 Å². The van der Waals surface area contributed by atoms with E-state index in [4.69, 9.17) is 16.1 Å². The monoisotopic (exact) mass is 207 g/mol. The molecular formula is C10H6ClNO2. The number of halogens is 1. The highest BCUT2D eigenvalue weighted by Crippen LogP contribution is 2.29. The number of aromatic nitrogens is 1. The lowest BCUT2D eigenvalue weighted by atomic mass is 10.2. The molecule has 0 unspecified atom stereocenters. The van der Waals surface area contributed by atoms with Crippen molar-refractivity contribution in [3.05, 3.63) is 41.0 Å². The second kappa shape index (κ2) is 3.64. The molecule has 0 saturated carbocycles. The first-order valence-corrected chi connectivity index (χ1v) is 4.36. The highest BCUT2D eigenvalue weighted by Gasteiger charge is 2.14. The van der Waals surface area contributed by atoms with E-state index in [1.54, 1.807) is 0 Å². The fourth-order valence-electron chi connectivity index (χ4n) is 1.13. The first kappa shape index (κ1) is 8.97. The van der Waals surface area contributed by atoms with Gasteiger partial charge in [0.05, 0.1) is 0 Å². The second-order valence-electron chi connectivity index (χ2n) is 2.69. The van der Waals surface area contributed by atoms with Gasteiger partial charge in [-0.25, -0.2) is 0 Å². The lowest BCUT2D eigenvalue weighted by Crippen LogP contribution is -1.78. The Morgan fingerprint density at radius 2 is 2.00 bits per heavy atom. The first-order valence-electron chi connectivity index (χ1n) is 3.98. The first-order chi connectivity index (χ1) is 6.83. The van der Waals surface area contributed by atoms with E-state index in [1.165, 1.54) is 0 Å². The Morgan fingerprint density at radius 1 is 1.29 bits per heavy atom. The zero-order valence-corrected chi connectivity index (χ0v) is 7.86. The van der Waals surface area contributed by atoms with Crippen molar-refractivity contribution in [1.82, 2.24) is 5.16 Å². The molecule has 0 radical (unpaired) electrons. The molecule has 1 heterocycles. The minimum Gasteiger partial charge on any atom is -0.354 e. The van der Waals surface area contributed by atoms with Gasteiger partial charge in [-0.3, -0.25) is 4.79 Å². The van der Waals surface area contributed by atoms with Crippen LogP contribution in [0.4, 0.5) is 0 Å². The molecule has 0 N–H and O–H groups in total. The normalized spacial score (nSPS) is 10.1. The van der Waals surface area contributed by atoms with Crippen molar-refractivity contribution < 1.29 is 9.32 Å². The number of carbonyl (C=O) groups is 1. The van der Waals surface area contributed by atoms with Crippen molar-refractivity contribution in [2.45, 2.75) is 0 Å². The summed E-state index contributed by atoms with van der Waals surface area (Å²) in [6, 6.07) is 9.26. The molecule has 0 spiro atoms. The average molecular weight is 208 g/mol. The van der Waals surface area contributed by atoms with Gasteiger partial charge in [0.1, 0.15) is 5.02 Å². The van der Waals surface area contributed by atoms with Crippen molar-refractivity contribution in [1.29, 1.82) is 0 Å². The van der Waals surface area contributed by atoms with E-state index in [9.17, 15) is 4.79 Å². The molecule has 0 amide bonds. The summed E-state index contributed by atoms with van der Waals surface area (Å²) in [5.41, 5.74) is 0.934. The third kappa shape index (κ3) is 1.42. The van der Waals surface area contributed by atoms with Crippen molar-refractivity contribution in [3.8, 4) is 11.3 Å². The maximum Gasteiger partial charge on any atom is 0.186 e. The zero-order chi connectivity index (χ0) is 9.97. The number of benzene rings is 1. The van der Waals surface area contributed by atoms with Crippen LogP contribution in [0.3, 0.4) is 0 Å². The summed E-state index contributed by atoms with van der Waals surface area (Å²) in [4.78, 5) is 10.5. The second-order valence-corrected chi connectivity index (χ2v) is 3.07. The summed E-state index contributed by atoms with van der Waals surface area (Å²) in [5.74, 6) is 0.425. The van der Waals surface area contributed by atoms with Crippen molar-refractivity contribution in [2.75, 3.05) is 0 Å². The predicted octanol–water partition coefficient (Wildman–Crippen LogP) is 2.81. The summed E-state index contributed by atoms with van der Waals surface area (Å²) in [6.07, 6.45) is 0.568. The third-order valence-corrected chi connectivity index (χ3v) is 2.17. The van der Waals surface area contributed by atoms with Gasteiger partial charge < -0.3 is 4.52 Å². The van der Waals surface area contributed by atoms with Gasteiger partial charge in [-0.2, -0.15) is 0 Å². The van der Waals surface area contributed by atoms with E-state index in [0.717, 1.165) is 5.56 Å². The number of carbonyl (C=O) groups excluding carboxylic acids is 1. The standard InChI is InChI=1S/C10H6ClNO2/c11-9-8(6-13)12-14-10(9)7-4-2-1-3-5-7/h1-6H. The molecule has 2 rings (SSSR count). The van der Waals surface area contributed by atoms with Gasteiger partial charge in [0, 0.05) is 5.56 Å². The Hall–Kier alpha value is -1.61. The Kier molecular flexibility index (Phi) is 2.33. The van der Waals surface area contributed by atoms with Crippen LogP contribution in [0, 0.1) is 0 Å². The molecule has 1 aromatic carbocycles. The van der Waals surface area contributed by atoms with Crippen LogP contribution in [0.2, 0.25) is 5.02 Å². The molecule has 0 atom stereocenters. The van der Waals surface area contributed by atoms with Crippen LogP contribution < -0.4 is 0 Å². The maximum atomic E-state index is 10.5. The number of hydrogen-bond donors (Lipinski definition) is 0. The molecule has 70 valence electrons. The Bertz CT molecular complexity index is 450. The predicted molar refractivity (Wildman–Crippen MR) is 52.3 cm³/mol. The zero-order valence-electron chi connectivity index (χ0n) is 7.11. The molecule has 3 nitrogen and oxygen atoms in total. The maximum absolute atomic E-state index is 10.5. The van der Waals surface area contributed by atoms with Crippen molar-refractivity contribution in [2.24, 2.45) is 0 Å². The average Bonchev–Trinajstić information content (AvgIpc) is 2.61. The fraction of sp³-hybridized carbons (Fsp3) is 0. The molecule has 0 saturated heterocycles. The highest BCUT2D eigenvalue weighted by atomic mass is 35.5. The Labute approximate surface area is 85.3 Å². The fourth-order valence-corrected chi connectivity index (χ4v) is 1.36. The highest BCUT2D eigenvalue weighted by molar-refractivity contribution is 6.35. The van der Waals surface area contributed by atoms with Gasteiger partial charge in [-0.1, -0.05) is 47.1 Å². The third-order valence-electron chi connectivity index (χ3n) is 1.81. The summed E-state index contributed by atoms with van der Waals surface area (Å²) < 4.78 is 4.96. The number of hydrogen-bond acceptors (Lipinski definition) is 3. The van der Waals surface area contributed by atoms with Crippen LogP contribution in [0.1, 0.15) is 10.5 Å². The molecule has 14 heavy (non-hydrogen) atoms. The van der Waals surface area contributed by atoms with Crippen LogP contribution in [0.25, 0.3) is 11.3 Å². The molecule has 0 aliphatic heterocycles. The summed E-state index contributed by atoms with van der Waals surface area (Å²) >= 11 is 5.87. The molecule has 2 aromatic rings. The largest absolute Gasteiger partial charge is 0.354 e.